The van der Waals surface area contributed by atoms with E-state index in [1.807, 2.05) is 35.4 Å². The number of carbonyl (C=O) groups excluding carboxylic acids is 2. The number of para-hydroxylation sites is 1. The third kappa shape index (κ3) is 3.72. The van der Waals surface area contributed by atoms with Crippen molar-refractivity contribution in [3.05, 3.63) is 65.4 Å². The monoisotopic (exact) mass is 386 g/mol. The number of aromatic amines is 1. The van der Waals surface area contributed by atoms with Crippen LogP contribution in [0.3, 0.4) is 0 Å². The van der Waals surface area contributed by atoms with Crippen molar-refractivity contribution >= 4 is 28.3 Å². The van der Waals surface area contributed by atoms with E-state index < -0.39 is 0 Å². The molecule has 29 heavy (non-hydrogen) atoms. The summed E-state index contributed by atoms with van der Waals surface area (Å²) in [5.41, 5.74) is 3.97. The first-order valence-electron chi connectivity index (χ1n) is 9.69. The molecule has 2 heterocycles. The highest BCUT2D eigenvalue weighted by Gasteiger charge is 2.24. The number of Topliss-reactive ketones (excluding diaryl/α,β-unsaturated/α-hetero) is 1. The van der Waals surface area contributed by atoms with Crippen molar-refractivity contribution in [1.82, 2.24) is 9.88 Å². The van der Waals surface area contributed by atoms with Crippen molar-refractivity contribution in [2.45, 2.75) is 13.3 Å². The summed E-state index contributed by atoms with van der Waals surface area (Å²) in [5, 5.41) is 10.3. The normalized spacial score (nSPS) is 14.1. The van der Waals surface area contributed by atoms with E-state index in [4.69, 9.17) is 0 Å². The Morgan fingerprint density at radius 3 is 2.59 bits per heavy atom. The number of aromatic nitrogens is 1. The third-order valence-electron chi connectivity index (χ3n) is 5.50. The molecule has 1 aliphatic heterocycles. The second-order valence-electron chi connectivity index (χ2n) is 7.30. The largest absolute Gasteiger partial charge is 0.367 e. The number of piperazine rings is 1. The molecule has 0 radical (unpaired) electrons. The summed E-state index contributed by atoms with van der Waals surface area (Å²) >= 11 is 0. The highest BCUT2D eigenvalue weighted by atomic mass is 16.2. The number of amides is 1. The second-order valence-corrected chi connectivity index (χ2v) is 7.30. The fraction of sp³-hybridized carbons (Fsp3) is 0.261. The SMILES string of the molecule is CC(=O)c1ccc(C#N)cc1N1CCN(C(=O)Cc2c[nH]c3ccccc23)CC1. The molecule has 6 nitrogen and oxygen atoms in total. The Bertz CT molecular complexity index is 1120. The zero-order valence-electron chi connectivity index (χ0n) is 16.3. The van der Waals surface area contributed by atoms with Gasteiger partial charge in [0, 0.05) is 54.5 Å². The van der Waals surface area contributed by atoms with Crippen molar-refractivity contribution < 1.29 is 9.59 Å². The highest BCUT2D eigenvalue weighted by Crippen LogP contribution is 2.25. The van der Waals surface area contributed by atoms with E-state index in [-0.39, 0.29) is 11.7 Å². The lowest BCUT2D eigenvalue weighted by atomic mass is 10.0. The average molecular weight is 386 g/mol. The topological polar surface area (TPSA) is 80.2 Å². The van der Waals surface area contributed by atoms with E-state index in [1.54, 1.807) is 18.2 Å². The van der Waals surface area contributed by atoms with Crippen LogP contribution in [0.1, 0.15) is 28.4 Å². The molecular formula is C23H22N4O2. The lowest BCUT2D eigenvalue weighted by Gasteiger charge is -2.37. The maximum atomic E-state index is 12.8. The van der Waals surface area contributed by atoms with Gasteiger partial charge in [-0.1, -0.05) is 18.2 Å². The van der Waals surface area contributed by atoms with Crippen molar-refractivity contribution in [2.75, 3.05) is 31.1 Å². The van der Waals surface area contributed by atoms with Gasteiger partial charge in [0.25, 0.3) is 0 Å². The quantitative estimate of drug-likeness (QED) is 0.699. The van der Waals surface area contributed by atoms with Gasteiger partial charge in [0.15, 0.2) is 5.78 Å². The van der Waals surface area contributed by atoms with Crippen LogP contribution in [0.25, 0.3) is 10.9 Å². The van der Waals surface area contributed by atoms with Gasteiger partial charge in [-0.2, -0.15) is 5.26 Å². The zero-order chi connectivity index (χ0) is 20.4. The number of ketones is 1. The second kappa shape index (κ2) is 7.80. The molecule has 1 aromatic heterocycles. The van der Waals surface area contributed by atoms with Gasteiger partial charge in [0.05, 0.1) is 18.1 Å². The van der Waals surface area contributed by atoms with Gasteiger partial charge in [0.1, 0.15) is 0 Å². The molecule has 0 saturated carbocycles. The van der Waals surface area contributed by atoms with Gasteiger partial charge >= 0.3 is 0 Å². The molecule has 1 saturated heterocycles. The van der Waals surface area contributed by atoms with Crippen LogP contribution in [0.5, 0.6) is 0 Å². The number of nitrogens with one attached hydrogen (secondary N) is 1. The number of nitriles is 1. The molecule has 2 aromatic carbocycles. The van der Waals surface area contributed by atoms with E-state index >= 15 is 0 Å². The Morgan fingerprint density at radius 1 is 1.10 bits per heavy atom. The van der Waals surface area contributed by atoms with Crippen LogP contribution < -0.4 is 4.90 Å². The van der Waals surface area contributed by atoms with E-state index in [9.17, 15) is 14.9 Å². The van der Waals surface area contributed by atoms with Gasteiger partial charge in [-0.05, 0) is 36.8 Å². The van der Waals surface area contributed by atoms with E-state index in [0.717, 1.165) is 22.2 Å². The predicted octanol–water partition coefficient (Wildman–Crippen LogP) is 3.13. The molecule has 1 aliphatic rings. The molecule has 1 amide bonds. The minimum Gasteiger partial charge on any atom is -0.367 e. The predicted molar refractivity (Wildman–Crippen MR) is 112 cm³/mol. The van der Waals surface area contributed by atoms with Gasteiger partial charge < -0.3 is 14.8 Å². The molecule has 1 fully saturated rings. The first-order chi connectivity index (χ1) is 14.1. The summed E-state index contributed by atoms with van der Waals surface area (Å²) in [5.74, 6) is 0.0781. The molecular weight excluding hydrogens is 364 g/mol. The number of anilines is 1. The van der Waals surface area contributed by atoms with Crippen LogP contribution in [-0.4, -0.2) is 47.8 Å². The zero-order valence-corrected chi connectivity index (χ0v) is 16.3. The fourth-order valence-corrected chi connectivity index (χ4v) is 3.91. The van der Waals surface area contributed by atoms with Crippen molar-refractivity contribution in [1.29, 1.82) is 5.26 Å². The number of hydrogen-bond donors (Lipinski definition) is 1. The van der Waals surface area contributed by atoms with Crippen LogP contribution in [0.15, 0.2) is 48.7 Å². The molecule has 1 N–H and O–H groups in total. The molecule has 0 unspecified atom stereocenters. The lowest BCUT2D eigenvalue weighted by Crippen LogP contribution is -2.49. The van der Waals surface area contributed by atoms with E-state index in [2.05, 4.69) is 16.0 Å². The third-order valence-corrected chi connectivity index (χ3v) is 5.50. The molecule has 146 valence electrons. The van der Waals surface area contributed by atoms with Crippen LogP contribution in [0, 0.1) is 11.3 Å². The van der Waals surface area contributed by atoms with E-state index in [1.165, 1.54) is 6.92 Å². The standard InChI is InChI=1S/C23H22N4O2/c1-16(28)19-7-6-17(14-24)12-22(19)26-8-10-27(11-9-26)23(29)13-18-15-25-21-5-3-2-4-20(18)21/h2-7,12,15,25H,8-11,13H2,1H3. The minimum atomic E-state index is -0.0256. The number of carbonyl (C=O) groups is 2. The van der Waals surface area contributed by atoms with Crippen molar-refractivity contribution in [3.8, 4) is 6.07 Å². The van der Waals surface area contributed by atoms with Gasteiger partial charge in [-0.25, -0.2) is 0 Å². The fourth-order valence-electron chi connectivity index (χ4n) is 3.91. The number of hydrogen-bond acceptors (Lipinski definition) is 4. The smallest absolute Gasteiger partial charge is 0.227 e. The molecule has 0 spiro atoms. The van der Waals surface area contributed by atoms with Crippen LogP contribution in [0.4, 0.5) is 5.69 Å². The molecule has 0 bridgehead atoms. The first kappa shape index (κ1) is 18.8. The Balaban J connectivity index is 1.45. The molecule has 4 rings (SSSR count). The maximum Gasteiger partial charge on any atom is 0.227 e. The molecule has 6 heteroatoms. The van der Waals surface area contributed by atoms with Crippen LogP contribution >= 0.6 is 0 Å². The Kier molecular flexibility index (Phi) is 5.05. The van der Waals surface area contributed by atoms with Gasteiger partial charge in [-0.15, -0.1) is 0 Å². The van der Waals surface area contributed by atoms with Crippen LogP contribution in [0.2, 0.25) is 0 Å². The van der Waals surface area contributed by atoms with Crippen LogP contribution in [-0.2, 0) is 11.2 Å². The van der Waals surface area contributed by atoms with Gasteiger partial charge in [-0.3, -0.25) is 9.59 Å². The van der Waals surface area contributed by atoms with E-state index in [0.29, 0.717) is 43.7 Å². The summed E-state index contributed by atoms with van der Waals surface area (Å²) in [7, 11) is 0. The number of H-pyrrole nitrogens is 1. The molecule has 0 aliphatic carbocycles. The summed E-state index contributed by atoms with van der Waals surface area (Å²) in [6.45, 7) is 3.99. The molecule has 3 aromatic rings. The van der Waals surface area contributed by atoms with Crippen molar-refractivity contribution in [2.24, 2.45) is 0 Å². The summed E-state index contributed by atoms with van der Waals surface area (Å²) < 4.78 is 0. The summed E-state index contributed by atoms with van der Waals surface area (Å²) in [6.07, 6.45) is 2.28. The molecule has 0 atom stereocenters. The number of benzene rings is 2. The minimum absolute atomic E-state index is 0.0256. The number of fused-ring (bicyclic) bond motifs is 1. The Labute approximate surface area is 169 Å². The maximum absolute atomic E-state index is 12.8. The summed E-state index contributed by atoms with van der Waals surface area (Å²) in [4.78, 5) is 32.0. The van der Waals surface area contributed by atoms with Gasteiger partial charge in [0.2, 0.25) is 5.91 Å². The highest BCUT2D eigenvalue weighted by molar-refractivity contribution is 6.00. The Morgan fingerprint density at radius 2 is 1.86 bits per heavy atom. The van der Waals surface area contributed by atoms with Crippen molar-refractivity contribution in [3.63, 3.8) is 0 Å². The average Bonchev–Trinajstić information content (AvgIpc) is 3.16. The first-order valence-corrected chi connectivity index (χ1v) is 9.69. The number of nitrogens with zero attached hydrogens (tertiary/aromatic N) is 3. The lowest BCUT2D eigenvalue weighted by molar-refractivity contribution is -0.130. The number of rotatable bonds is 4. The Hall–Kier alpha value is -3.59. The summed E-state index contributed by atoms with van der Waals surface area (Å²) in [6, 6.07) is 15.3.